The van der Waals surface area contributed by atoms with Crippen LogP contribution < -0.4 is 22.3 Å². The van der Waals surface area contributed by atoms with Gasteiger partial charge in [-0.15, -0.1) is 0 Å². The normalized spacial score (nSPS) is 11.6. The molecule has 0 aliphatic carbocycles. The van der Waals surface area contributed by atoms with Gasteiger partial charge in [0.15, 0.2) is 11.2 Å². The Kier molecular flexibility index (Phi) is 11.7. The predicted molar refractivity (Wildman–Crippen MR) is 160 cm³/mol. The number of hydrogen-bond donors (Lipinski definition) is 5. The number of esters is 1. The molecule has 2 aromatic carbocycles. The first kappa shape index (κ1) is 32.3. The van der Waals surface area contributed by atoms with E-state index in [0.717, 1.165) is 0 Å². The van der Waals surface area contributed by atoms with Crippen molar-refractivity contribution in [3.05, 3.63) is 74.8 Å². The van der Waals surface area contributed by atoms with Crippen molar-refractivity contribution in [3.63, 3.8) is 0 Å². The maximum absolute atomic E-state index is 11.6. The van der Waals surface area contributed by atoms with Gasteiger partial charge >= 0.3 is 11.9 Å². The third kappa shape index (κ3) is 8.91. The number of carbonyl (C=O) groups excluding carboxylic acids is 1. The number of hydrogen-bond acceptors (Lipinski definition) is 10. The van der Waals surface area contributed by atoms with Crippen LogP contribution in [0.5, 0.6) is 0 Å². The molecule has 0 amide bonds. The van der Waals surface area contributed by atoms with Gasteiger partial charge in [0.05, 0.1) is 35.1 Å². The zero-order valence-corrected chi connectivity index (χ0v) is 24.4. The molecule has 0 unspecified atom stereocenters. The number of halogens is 2. The Morgan fingerprint density at radius 1 is 1.12 bits per heavy atom. The molecule has 0 saturated carbocycles. The van der Waals surface area contributed by atoms with E-state index in [1.54, 1.807) is 36.4 Å². The van der Waals surface area contributed by atoms with E-state index >= 15 is 0 Å². The Morgan fingerprint density at radius 2 is 1.81 bits per heavy atom. The fraction of sp³-hybridized carbons (Fsp3) is 0.296. The van der Waals surface area contributed by atoms with E-state index in [1.807, 2.05) is 19.9 Å². The second-order valence-corrected chi connectivity index (χ2v) is 10.1. The molecule has 0 aliphatic rings. The number of aromatic amines is 1. The summed E-state index contributed by atoms with van der Waals surface area (Å²) in [6.45, 7) is 4.04. The molecule has 7 N–H and O–H groups in total. The number of carbonyl (C=O) groups is 2. The van der Waals surface area contributed by atoms with Gasteiger partial charge in [-0.1, -0.05) is 61.3 Å². The Hall–Kier alpha value is -4.17. The number of imidazole rings is 1. The fourth-order valence-corrected chi connectivity index (χ4v) is 4.00. The summed E-state index contributed by atoms with van der Waals surface area (Å²) in [4.78, 5) is 44.3. The first-order valence-corrected chi connectivity index (χ1v) is 13.4. The number of nitrogen functional groups attached to an aromatic ring is 1. The summed E-state index contributed by atoms with van der Waals surface area (Å²) in [6.07, 6.45) is 1.36. The number of fused-ring (bicyclic) bond motifs is 1. The van der Waals surface area contributed by atoms with Crippen molar-refractivity contribution < 1.29 is 24.2 Å². The molecule has 0 aliphatic heterocycles. The molecule has 0 radical (unpaired) electrons. The van der Waals surface area contributed by atoms with Crippen LogP contribution in [-0.2, 0) is 32.2 Å². The number of para-hydroxylation sites is 2. The van der Waals surface area contributed by atoms with Crippen LogP contribution in [0.4, 0.5) is 17.3 Å². The number of anilines is 3. The van der Waals surface area contributed by atoms with E-state index < -0.39 is 23.5 Å². The Morgan fingerprint density at radius 3 is 2.48 bits per heavy atom. The molecule has 0 fully saturated rings. The maximum atomic E-state index is 11.6. The van der Waals surface area contributed by atoms with Gasteiger partial charge < -0.3 is 31.4 Å². The number of aliphatic carboxylic acids is 1. The summed E-state index contributed by atoms with van der Waals surface area (Å²) in [7, 11) is 0. The number of benzene rings is 2. The van der Waals surface area contributed by atoms with Crippen LogP contribution in [-0.4, -0.2) is 55.8 Å². The second kappa shape index (κ2) is 15.2. The van der Waals surface area contributed by atoms with E-state index in [1.165, 1.54) is 10.9 Å². The van der Waals surface area contributed by atoms with Crippen molar-refractivity contribution in [2.75, 3.05) is 24.3 Å². The Balaban J connectivity index is 0.000000235. The standard InChI is InChI=1S/C14H11Cl2NO2.C13H20N6O4/c15-10-5-3-6-11(16)14(10)17-12-7-2-1-4-9(12)8-13(18)19;1-7(2)8(14)12(21)23-4-3-22-6-19-5-16-9-10(19)17-13(15)18-11(9)20/h1-7,17H,8H2,(H,18,19);5,7-8H,3-4,6,14H2,1-2H3,(H3,15,17,18,20)/t;8-/m.0/s1. The monoisotopic (exact) mass is 619 g/mol. The van der Waals surface area contributed by atoms with Crippen molar-refractivity contribution in [2.24, 2.45) is 11.7 Å². The van der Waals surface area contributed by atoms with Gasteiger partial charge in [0.25, 0.3) is 5.56 Å². The van der Waals surface area contributed by atoms with Gasteiger partial charge in [-0.25, -0.2) is 4.98 Å². The third-order valence-corrected chi connectivity index (χ3v) is 6.40. The largest absolute Gasteiger partial charge is 0.481 e. The first-order chi connectivity index (χ1) is 20.0. The number of aromatic nitrogens is 4. The van der Waals surface area contributed by atoms with Crippen LogP contribution in [0.1, 0.15) is 19.4 Å². The molecule has 0 spiro atoms. The lowest BCUT2D eigenvalue weighted by Crippen LogP contribution is -2.37. The average Bonchev–Trinajstić information content (AvgIpc) is 3.34. The van der Waals surface area contributed by atoms with Crippen LogP contribution in [0.3, 0.4) is 0 Å². The fourth-order valence-electron chi connectivity index (χ4n) is 3.51. The highest BCUT2D eigenvalue weighted by Crippen LogP contribution is 2.33. The number of carboxylic acids is 1. The molecule has 1 atom stereocenters. The average molecular weight is 620 g/mol. The minimum atomic E-state index is -0.889. The number of H-pyrrole nitrogens is 1. The highest BCUT2D eigenvalue weighted by atomic mass is 35.5. The molecule has 13 nitrogen and oxygen atoms in total. The molecule has 0 saturated heterocycles. The van der Waals surface area contributed by atoms with Crippen molar-refractivity contribution in [2.45, 2.75) is 33.0 Å². The van der Waals surface area contributed by atoms with Crippen molar-refractivity contribution in [3.8, 4) is 0 Å². The Labute approximate surface area is 250 Å². The van der Waals surface area contributed by atoms with Crippen LogP contribution >= 0.6 is 23.2 Å². The summed E-state index contributed by atoms with van der Waals surface area (Å²) >= 11 is 12.1. The molecule has 0 bridgehead atoms. The number of nitrogens with zero attached hydrogens (tertiary/aromatic N) is 3. The molecule has 42 heavy (non-hydrogen) atoms. The SMILES string of the molecule is CC(C)[C@H](N)C(=O)OCCOCn1cnc2c(=O)[nH]c(N)nc21.O=C(O)Cc1ccccc1Nc1c(Cl)cccc1Cl. The number of nitrogens with one attached hydrogen (secondary N) is 2. The smallest absolute Gasteiger partial charge is 0.323 e. The highest BCUT2D eigenvalue weighted by Gasteiger charge is 2.18. The van der Waals surface area contributed by atoms with Gasteiger partial charge in [0.1, 0.15) is 19.4 Å². The summed E-state index contributed by atoms with van der Waals surface area (Å²) in [5, 5.41) is 12.9. The van der Waals surface area contributed by atoms with Gasteiger partial charge in [-0.05, 0) is 29.7 Å². The minimum absolute atomic E-state index is 0.000790. The van der Waals surface area contributed by atoms with Crippen LogP contribution in [0.25, 0.3) is 11.2 Å². The third-order valence-electron chi connectivity index (χ3n) is 5.77. The molecule has 15 heteroatoms. The van der Waals surface area contributed by atoms with Crippen molar-refractivity contribution in [1.29, 1.82) is 0 Å². The first-order valence-electron chi connectivity index (χ1n) is 12.7. The van der Waals surface area contributed by atoms with Crippen LogP contribution in [0, 0.1) is 5.92 Å². The molecule has 2 heterocycles. The van der Waals surface area contributed by atoms with E-state index in [2.05, 4.69) is 20.3 Å². The van der Waals surface area contributed by atoms with E-state index in [-0.39, 0.29) is 43.7 Å². The maximum Gasteiger partial charge on any atom is 0.323 e. The van der Waals surface area contributed by atoms with E-state index in [0.29, 0.717) is 32.6 Å². The number of rotatable bonds is 11. The topological polar surface area (TPSA) is 200 Å². The molecule has 4 aromatic rings. The number of carboxylic acid groups (broad SMARTS) is 1. The van der Waals surface area contributed by atoms with Crippen LogP contribution in [0.2, 0.25) is 10.0 Å². The lowest BCUT2D eigenvalue weighted by atomic mass is 10.1. The molecular formula is C27H31Cl2N7O6. The summed E-state index contributed by atoms with van der Waals surface area (Å²) in [6, 6.07) is 11.7. The lowest BCUT2D eigenvalue weighted by molar-refractivity contribution is -0.148. The summed E-state index contributed by atoms with van der Waals surface area (Å²) in [5.74, 6) is -1.34. The van der Waals surface area contributed by atoms with Crippen molar-refractivity contribution in [1.82, 2.24) is 19.5 Å². The number of nitrogens with two attached hydrogens (primary N) is 2. The number of ether oxygens (including phenoxy) is 2. The van der Waals surface area contributed by atoms with Gasteiger partial charge in [-0.3, -0.25) is 23.9 Å². The van der Waals surface area contributed by atoms with Gasteiger partial charge in [0.2, 0.25) is 5.95 Å². The Bertz CT molecular complexity index is 1570. The van der Waals surface area contributed by atoms with Crippen LogP contribution in [0.15, 0.2) is 53.6 Å². The molecular weight excluding hydrogens is 589 g/mol. The molecule has 224 valence electrons. The zero-order valence-electron chi connectivity index (χ0n) is 22.8. The lowest BCUT2D eigenvalue weighted by Gasteiger charge is -2.14. The quantitative estimate of drug-likeness (QED) is 0.121. The second-order valence-electron chi connectivity index (χ2n) is 9.26. The van der Waals surface area contributed by atoms with Gasteiger partial charge in [0, 0.05) is 5.69 Å². The minimum Gasteiger partial charge on any atom is -0.481 e. The summed E-state index contributed by atoms with van der Waals surface area (Å²) in [5.41, 5.74) is 13.2. The predicted octanol–water partition coefficient (Wildman–Crippen LogP) is 3.57. The van der Waals surface area contributed by atoms with E-state index in [4.69, 9.17) is 49.2 Å². The highest BCUT2D eigenvalue weighted by molar-refractivity contribution is 6.39. The van der Waals surface area contributed by atoms with E-state index in [9.17, 15) is 14.4 Å². The summed E-state index contributed by atoms with van der Waals surface area (Å²) < 4.78 is 11.9. The zero-order chi connectivity index (χ0) is 30.8. The van der Waals surface area contributed by atoms with Gasteiger partial charge in [-0.2, -0.15) is 4.98 Å². The molecule has 2 aromatic heterocycles. The van der Waals surface area contributed by atoms with Crippen molar-refractivity contribution >= 4 is 63.6 Å². The molecule has 4 rings (SSSR count).